The van der Waals surface area contributed by atoms with Crippen LogP contribution in [-0.2, 0) is 9.53 Å². The zero-order chi connectivity index (χ0) is 9.78. The number of rotatable bonds is 4. The van der Waals surface area contributed by atoms with Crippen molar-refractivity contribution in [3.05, 3.63) is 0 Å². The van der Waals surface area contributed by atoms with Gasteiger partial charge in [0.1, 0.15) is 12.6 Å². The van der Waals surface area contributed by atoms with Gasteiger partial charge in [-0.15, -0.1) is 0 Å². The molecule has 0 aliphatic carbocycles. The lowest BCUT2D eigenvalue weighted by Gasteiger charge is -2.26. The fourth-order valence-corrected chi connectivity index (χ4v) is 0.973. The zero-order valence-corrected chi connectivity index (χ0v) is 8.20. The summed E-state index contributed by atoms with van der Waals surface area (Å²) in [5, 5.41) is 9.37. The van der Waals surface area contributed by atoms with E-state index in [-0.39, 0.29) is 12.4 Å². The molecule has 0 aromatic carbocycles. The minimum absolute atomic E-state index is 0.0754. The fraction of sp³-hybridized carbons (Fsp3) is 0.875. The molecule has 0 aromatic rings. The van der Waals surface area contributed by atoms with E-state index >= 15 is 0 Å². The Hall–Kier alpha value is -0.610. The number of likely N-dealkylation sites (N-methyl/N-ethyl adjacent to an activating group) is 1. The van der Waals surface area contributed by atoms with Crippen LogP contribution in [0.15, 0.2) is 0 Å². The van der Waals surface area contributed by atoms with Crippen LogP contribution in [0.25, 0.3) is 0 Å². The second-order valence-electron chi connectivity index (χ2n) is 3.91. The van der Waals surface area contributed by atoms with Gasteiger partial charge >= 0.3 is 5.97 Å². The van der Waals surface area contributed by atoms with Crippen LogP contribution in [0.1, 0.15) is 6.42 Å². The highest BCUT2D eigenvalue weighted by atomic mass is 16.5. The molecule has 0 rings (SSSR count). The molecule has 72 valence electrons. The molecule has 1 atom stereocenters. The Morgan fingerprint density at radius 1 is 1.50 bits per heavy atom. The van der Waals surface area contributed by atoms with Gasteiger partial charge in [0, 0.05) is 0 Å². The van der Waals surface area contributed by atoms with Crippen molar-refractivity contribution in [3.8, 4) is 0 Å². The number of aliphatic hydroxyl groups is 1. The minimum Gasteiger partial charge on any atom is -0.469 e. The Balaban J connectivity index is 3.74. The Morgan fingerprint density at radius 2 is 2.00 bits per heavy atom. The molecule has 0 aliphatic rings. The van der Waals surface area contributed by atoms with Gasteiger partial charge in [-0.05, 0) is 0 Å². The summed E-state index contributed by atoms with van der Waals surface area (Å²) < 4.78 is 5.07. The number of carbonyl (C=O) groups is 1. The number of methoxy groups -OCH3 is 1. The largest absolute Gasteiger partial charge is 0.469 e. The van der Waals surface area contributed by atoms with Gasteiger partial charge in [0.15, 0.2) is 0 Å². The van der Waals surface area contributed by atoms with E-state index in [4.69, 9.17) is 0 Å². The predicted molar refractivity (Wildman–Crippen MR) is 45.5 cm³/mol. The van der Waals surface area contributed by atoms with Crippen molar-refractivity contribution in [1.82, 2.24) is 0 Å². The molecule has 4 heteroatoms. The zero-order valence-electron chi connectivity index (χ0n) is 8.20. The van der Waals surface area contributed by atoms with Gasteiger partial charge in [-0.25, -0.2) is 0 Å². The minimum atomic E-state index is -0.613. The highest BCUT2D eigenvalue weighted by Gasteiger charge is 2.18. The standard InChI is InChI=1S/C8H18NO3/c1-9(2,3)6-7(10)5-8(11)12-4/h7,10H,5-6H2,1-4H3/q+1. The normalized spacial score (nSPS) is 14.1. The van der Waals surface area contributed by atoms with E-state index in [1.54, 1.807) is 0 Å². The topological polar surface area (TPSA) is 46.5 Å². The molecule has 0 spiro atoms. The van der Waals surface area contributed by atoms with Crippen LogP contribution in [-0.4, -0.2) is 56.5 Å². The van der Waals surface area contributed by atoms with Crippen molar-refractivity contribution in [2.75, 3.05) is 34.8 Å². The maximum absolute atomic E-state index is 10.7. The third-order valence-corrected chi connectivity index (χ3v) is 1.39. The third-order valence-electron chi connectivity index (χ3n) is 1.39. The van der Waals surface area contributed by atoms with Crippen molar-refractivity contribution in [2.45, 2.75) is 12.5 Å². The van der Waals surface area contributed by atoms with Gasteiger partial charge < -0.3 is 14.3 Å². The number of aliphatic hydroxyl groups excluding tert-OH is 1. The van der Waals surface area contributed by atoms with Crippen molar-refractivity contribution in [1.29, 1.82) is 0 Å². The van der Waals surface area contributed by atoms with Crippen LogP contribution in [0.5, 0.6) is 0 Å². The van der Waals surface area contributed by atoms with Gasteiger partial charge in [0.05, 0.1) is 34.7 Å². The van der Waals surface area contributed by atoms with Gasteiger partial charge in [-0.3, -0.25) is 4.79 Å². The SMILES string of the molecule is COC(=O)CC(O)C[N+](C)(C)C. The molecular formula is C8H18NO3+. The van der Waals surface area contributed by atoms with Crippen LogP contribution in [0.4, 0.5) is 0 Å². The average molecular weight is 176 g/mol. The van der Waals surface area contributed by atoms with Crippen LogP contribution < -0.4 is 0 Å². The molecule has 0 saturated heterocycles. The van der Waals surface area contributed by atoms with E-state index in [0.717, 1.165) is 0 Å². The van der Waals surface area contributed by atoms with Crippen LogP contribution in [0, 0.1) is 0 Å². The molecule has 1 unspecified atom stereocenters. The van der Waals surface area contributed by atoms with Crippen molar-refractivity contribution in [2.24, 2.45) is 0 Å². The van der Waals surface area contributed by atoms with E-state index in [2.05, 4.69) is 4.74 Å². The molecule has 0 fully saturated rings. The van der Waals surface area contributed by atoms with Gasteiger partial charge in [0.25, 0.3) is 0 Å². The number of carbonyl (C=O) groups excluding carboxylic acids is 1. The van der Waals surface area contributed by atoms with Gasteiger partial charge in [-0.1, -0.05) is 0 Å². The maximum Gasteiger partial charge on any atom is 0.308 e. The number of ether oxygens (including phenoxy) is 1. The molecule has 4 nitrogen and oxygen atoms in total. The third kappa shape index (κ3) is 6.12. The second-order valence-corrected chi connectivity index (χ2v) is 3.91. The first-order chi connectivity index (χ1) is 5.35. The Morgan fingerprint density at radius 3 is 2.33 bits per heavy atom. The summed E-state index contributed by atoms with van der Waals surface area (Å²) in [4.78, 5) is 10.7. The molecule has 0 radical (unpaired) electrons. The summed E-state index contributed by atoms with van der Waals surface area (Å²) in [6.45, 7) is 0.551. The van der Waals surface area contributed by atoms with E-state index in [1.165, 1.54) is 7.11 Å². The predicted octanol–water partition coefficient (Wildman–Crippen LogP) is -0.383. The number of hydrogen-bond donors (Lipinski definition) is 1. The van der Waals surface area contributed by atoms with Crippen LogP contribution >= 0.6 is 0 Å². The molecular weight excluding hydrogens is 158 g/mol. The molecule has 0 aromatic heterocycles. The highest BCUT2D eigenvalue weighted by Crippen LogP contribution is 1.99. The summed E-state index contributed by atoms with van der Waals surface area (Å²) in [6, 6.07) is 0. The van der Waals surface area contributed by atoms with E-state index in [9.17, 15) is 9.90 Å². The number of hydrogen-bond acceptors (Lipinski definition) is 3. The first kappa shape index (κ1) is 11.4. The van der Waals surface area contributed by atoms with E-state index in [0.29, 0.717) is 11.0 Å². The van der Waals surface area contributed by atoms with Crippen molar-refractivity contribution in [3.63, 3.8) is 0 Å². The van der Waals surface area contributed by atoms with Crippen molar-refractivity contribution < 1.29 is 19.1 Å². The second kappa shape index (κ2) is 4.42. The van der Waals surface area contributed by atoms with E-state index < -0.39 is 6.10 Å². The molecule has 0 heterocycles. The summed E-state index contributed by atoms with van der Waals surface area (Å²) in [5.41, 5.74) is 0. The lowest BCUT2D eigenvalue weighted by Crippen LogP contribution is -2.42. The summed E-state index contributed by atoms with van der Waals surface area (Å²) in [6.07, 6.45) is -0.538. The Bertz CT molecular complexity index is 151. The smallest absolute Gasteiger partial charge is 0.308 e. The summed E-state index contributed by atoms with van der Waals surface area (Å²) in [7, 11) is 7.20. The molecule has 0 amide bonds. The molecule has 0 saturated carbocycles. The van der Waals surface area contributed by atoms with Crippen LogP contribution in [0.2, 0.25) is 0 Å². The lowest BCUT2D eigenvalue weighted by molar-refractivity contribution is -0.873. The maximum atomic E-state index is 10.7. The van der Waals surface area contributed by atoms with Crippen molar-refractivity contribution >= 4 is 5.97 Å². The Labute approximate surface area is 73.3 Å². The monoisotopic (exact) mass is 176 g/mol. The molecule has 1 N–H and O–H groups in total. The lowest BCUT2D eigenvalue weighted by atomic mass is 10.2. The molecule has 0 bridgehead atoms. The van der Waals surface area contributed by atoms with Gasteiger partial charge in [-0.2, -0.15) is 0 Å². The summed E-state index contributed by atoms with van der Waals surface area (Å²) in [5.74, 6) is -0.365. The van der Waals surface area contributed by atoms with Crippen LogP contribution in [0.3, 0.4) is 0 Å². The Kier molecular flexibility index (Phi) is 4.20. The first-order valence-electron chi connectivity index (χ1n) is 3.90. The number of nitrogens with zero attached hydrogens (tertiary/aromatic N) is 1. The van der Waals surface area contributed by atoms with E-state index in [1.807, 2.05) is 21.1 Å². The first-order valence-corrected chi connectivity index (χ1v) is 3.90. The highest BCUT2D eigenvalue weighted by molar-refractivity contribution is 5.69. The average Bonchev–Trinajstić information content (AvgIpc) is 1.82. The quantitative estimate of drug-likeness (QED) is 0.469. The number of esters is 1. The summed E-state index contributed by atoms with van der Waals surface area (Å²) >= 11 is 0. The fourth-order valence-electron chi connectivity index (χ4n) is 0.973. The molecule has 0 aliphatic heterocycles. The molecule has 12 heavy (non-hydrogen) atoms. The number of quaternary nitrogens is 1. The van der Waals surface area contributed by atoms with Gasteiger partial charge in [0.2, 0.25) is 0 Å².